The highest BCUT2D eigenvalue weighted by molar-refractivity contribution is 5.69. The predicted octanol–water partition coefficient (Wildman–Crippen LogP) is 0.562. The fourth-order valence-corrected chi connectivity index (χ4v) is 0.874. The molecule has 4 heteroatoms. The summed E-state index contributed by atoms with van der Waals surface area (Å²) in [5, 5.41) is 3.17. The van der Waals surface area contributed by atoms with Gasteiger partial charge in [0.15, 0.2) is 0 Å². The summed E-state index contributed by atoms with van der Waals surface area (Å²) in [6.07, 6.45) is 0.551. The summed E-state index contributed by atoms with van der Waals surface area (Å²) in [5.74, 6) is -0.190. The van der Waals surface area contributed by atoms with Gasteiger partial charge in [-0.1, -0.05) is 0 Å². The minimum Gasteiger partial charge on any atom is -0.469 e. The maximum atomic E-state index is 10.7. The van der Waals surface area contributed by atoms with Gasteiger partial charge in [-0.2, -0.15) is 0 Å². The number of nitrogens with one attached hydrogen (secondary N) is 1. The van der Waals surface area contributed by atoms with Crippen molar-refractivity contribution in [2.45, 2.75) is 32.4 Å². The predicted molar refractivity (Wildman–Crippen MR) is 50.6 cm³/mol. The molecule has 2 atom stereocenters. The third-order valence-electron chi connectivity index (χ3n) is 2.10. The number of hydrogen-bond acceptors (Lipinski definition) is 4. The van der Waals surface area contributed by atoms with E-state index in [4.69, 9.17) is 4.74 Å². The molecule has 0 spiro atoms. The van der Waals surface area contributed by atoms with Gasteiger partial charge in [0.1, 0.15) is 0 Å². The van der Waals surface area contributed by atoms with Gasteiger partial charge in [0.25, 0.3) is 0 Å². The molecule has 0 bridgehead atoms. The van der Waals surface area contributed by atoms with Crippen LogP contribution in [0.2, 0.25) is 0 Å². The van der Waals surface area contributed by atoms with Crippen molar-refractivity contribution in [2.24, 2.45) is 0 Å². The molecule has 0 fully saturated rings. The molecular formula is C9H19NO3. The largest absolute Gasteiger partial charge is 0.469 e. The van der Waals surface area contributed by atoms with Crippen LogP contribution in [-0.4, -0.2) is 38.9 Å². The van der Waals surface area contributed by atoms with Crippen molar-refractivity contribution in [1.29, 1.82) is 0 Å². The summed E-state index contributed by atoms with van der Waals surface area (Å²) in [5.41, 5.74) is 0. The van der Waals surface area contributed by atoms with E-state index < -0.39 is 0 Å². The summed E-state index contributed by atoms with van der Waals surface area (Å²) in [6.45, 7) is 4.63. The van der Waals surface area contributed by atoms with Gasteiger partial charge >= 0.3 is 5.97 Å². The number of esters is 1. The number of rotatable bonds is 6. The van der Waals surface area contributed by atoms with Crippen molar-refractivity contribution >= 4 is 5.97 Å². The molecule has 0 aromatic rings. The van der Waals surface area contributed by atoms with Crippen molar-refractivity contribution in [3.63, 3.8) is 0 Å². The Kier molecular flexibility index (Phi) is 6.54. The van der Waals surface area contributed by atoms with Gasteiger partial charge in [-0.05, 0) is 13.8 Å². The maximum absolute atomic E-state index is 10.7. The molecule has 0 amide bonds. The molecule has 78 valence electrons. The van der Waals surface area contributed by atoms with Crippen molar-refractivity contribution in [3.05, 3.63) is 0 Å². The molecule has 13 heavy (non-hydrogen) atoms. The molecule has 0 aliphatic carbocycles. The highest BCUT2D eigenvalue weighted by Gasteiger charge is 2.10. The van der Waals surface area contributed by atoms with Crippen LogP contribution in [0.1, 0.15) is 20.3 Å². The second kappa shape index (κ2) is 6.86. The average molecular weight is 189 g/mol. The van der Waals surface area contributed by atoms with E-state index in [1.165, 1.54) is 7.11 Å². The summed E-state index contributed by atoms with van der Waals surface area (Å²) in [6, 6.07) is 0.245. The molecule has 0 rings (SSSR count). The quantitative estimate of drug-likeness (QED) is 0.620. The molecule has 1 N–H and O–H groups in total. The van der Waals surface area contributed by atoms with E-state index in [1.807, 2.05) is 13.8 Å². The van der Waals surface area contributed by atoms with Crippen LogP contribution >= 0.6 is 0 Å². The van der Waals surface area contributed by atoms with Crippen LogP contribution in [-0.2, 0) is 14.3 Å². The summed E-state index contributed by atoms with van der Waals surface area (Å²) in [4.78, 5) is 10.7. The molecule has 0 aliphatic heterocycles. The molecule has 0 saturated carbocycles. The number of carbonyl (C=O) groups excluding carboxylic acids is 1. The van der Waals surface area contributed by atoms with E-state index >= 15 is 0 Å². The number of hydrogen-bond donors (Lipinski definition) is 1. The summed E-state index contributed by atoms with van der Waals surface area (Å²) < 4.78 is 9.63. The molecule has 0 saturated heterocycles. The lowest BCUT2D eigenvalue weighted by Crippen LogP contribution is -2.37. The molecule has 0 heterocycles. The molecule has 4 nitrogen and oxygen atoms in total. The van der Waals surface area contributed by atoms with Crippen molar-refractivity contribution in [1.82, 2.24) is 5.32 Å². The second-order valence-corrected chi connectivity index (χ2v) is 3.01. The van der Waals surface area contributed by atoms with Gasteiger partial charge in [0.05, 0.1) is 19.6 Å². The Hall–Kier alpha value is -0.610. The fraction of sp³-hybridized carbons (Fsp3) is 0.889. The van der Waals surface area contributed by atoms with Crippen molar-refractivity contribution < 1.29 is 14.3 Å². The molecular weight excluding hydrogens is 170 g/mol. The fourth-order valence-electron chi connectivity index (χ4n) is 0.874. The zero-order valence-corrected chi connectivity index (χ0v) is 8.79. The standard InChI is InChI=1S/C9H19NO3/c1-7(8(2)12-3)10-6-5-9(11)13-4/h7-8,10H,5-6H2,1-4H3. The first-order valence-corrected chi connectivity index (χ1v) is 4.44. The van der Waals surface area contributed by atoms with Crippen LogP contribution in [0.4, 0.5) is 0 Å². The third-order valence-corrected chi connectivity index (χ3v) is 2.10. The average Bonchev–Trinajstić information content (AvgIpc) is 2.15. The normalized spacial score (nSPS) is 15.1. The lowest BCUT2D eigenvalue weighted by atomic mass is 10.2. The van der Waals surface area contributed by atoms with E-state index in [1.54, 1.807) is 7.11 Å². The molecule has 0 aromatic heterocycles. The van der Waals surface area contributed by atoms with E-state index in [0.717, 1.165) is 0 Å². The van der Waals surface area contributed by atoms with E-state index in [0.29, 0.717) is 13.0 Å². The van der Waals surface area contributed by atoms with Crippen LogP contribution in [0.5, 0.6) is 0 Å². The monoisotopic (exact) mass is 189 g/mol. The van der Waals surface area contributed by atoms with E-state index in [2.05, 4.69) is 10.1 Å². The summed E-state index contributed by atoms with van der Waals surface area (Å²) in [7, 11) is 3.06. The Labute approximate surface area is 79.6 Å². The van der Waals surface area contributed by atoms with E-state index in [9.17, 15) is 4.79 Å². The first kappa shape index (κ1) is 12.4. The topological polar surface area (TPSA) is 47.6 Å². The van der Waals surface area contributed by atoms with E-state index in [-0.39, 0.29) is 18.1 Å². The van der Waals surface area contributed by atoms with Crippen molar-refractivity contribution in [3.8, 4) is 0 Å². The molecule has 0 aliphatic rings. The Morgan fingerprint density at radius 1 is 1.38 bits per heavy atom. The Morgan fingerprint density at radius 3 is 2.46 bits per heavy atom. The lowest BCUT2D eigenvalue weighted by molar-refractivity contribution is -0.140. The van der Waals surface area contributed by atoms with Crippen LogP contribution in [0.25, 0.3) is 0 Å². The first-order chi connectivity index (χ1) is 6.11. The Balaban J connectivity index is 3.47. The van der Waals surface area contributed by atoms with Crippen LogP contribution in [0.3, 0.4) is 0 Å². The molecule has 0 radical (unpaired) electrons. The second-order valence-electron chi connectivity index (χ2n) is 3.01. The van der Waals surface area contributed by atoms with Crippen LogP contribution in [0, 0.1) is 0 Å². The minimum atomic E-state index is -0.190. The number of methoxy groups -OCH3 is 2. The maximum Gasteiger partial charge on any atom is 0.306 e. The van der Waals surface area contributed by atoms with Gasteiger partial charge in [-0.15, -0.1) is 0 Å². The van der Waals surface area contributed by atoms with Gasteiger partial charge < -0.3 is 14.8 Å². The number of ether oxygens (including phenoxy) is 2. The number of carbonyl (C=O) groups is 1. The highest BCUT2D eigenvalue weighted by atomic mass is 16.5. The SMILES string of the molecule is COC(=O)CCNC(C)C(C)OC. The Bertz CT molecular complexity index is 150. The molecule has 2 unspecified atom stereocenters. The summed E-state index contributed by atoms with van der Waals surface area (Å²) >= 11 is 0. The zero-order chi connectivity index (χ0) is 10.3. The van der Waals surface area contributed by atoms with Crippen LogP contribution < -0.4 is 5.32 Å². The first-order valence-electron chi connectivity index (χ1n) is 4.44. The molecule has 0 aromatic carbocycles. The smallest absolute Gasteiger partial charge is 0.306 e. The third kappa shape index (κ3) is 5.60. The van der Waals surface area contributed by atoms with Gasteiger partial charge in [0, 0.05) is 19.7 Å². The van der Waals surface area contributed by atoms with Crippen LogP contribution in [0.15, 0.2) is 0 Å². The minimum absolute atomic E-state index is 0.151. The van der Waals surface area contributed by atoms with Gasteiger partial charge in [-0.3, -0.25) is 4.79 Å². The highest BCUT2D eigenvalue weighted by Crippen LogP contribution is 1.95. The zero-order valence-electron chi connectivity index (χ0n) is 8.79. The van der Waals surface area contributed by atoms with Crippen molar-refractivity contribution in [2.75, 3.05) is 20.8 Å². The lowest BCUT2D eigenvalue weighted by Gasteiger charge is -2.19. The Morgan fingerprint density at radius 2 is 2.00 bits per heavy atom. The van der Waals surface area contributed by atoms with Gasteiger partial charge in [0.2, 0.25) is 0 Å². The van der Waals surface area contributed by atoms with Gasteiger partial charge in [-0.25, -0.2) is 0 Å².